The molecule has 1 aromatic carbocycles. The first kappa shape index (κ1) is 12.0. The summed E-state index contributed by atoms with van der Waals surface area (Å²) >= 11 is 5.54. The van der Waals surface area contributed by atoms with E-state index in [2.05, 4.69) is 5.32 Å². The Kier molecular flexibility index (Phi) is 5.15. The molecule has 2 N–H and O–H groups in total. The summed E-state index contributed by atoms with van der Waals surface area (Å²) in [6.45, 7) is -0.0920. The number of rotatable bonds is 5. The predicted octanol–water partition coefficient (Wildman–Crippen LogP) is 1.41. The van der Waals surface area contributed by atoms with Crippen LogP contribution in [-0.2, 0) is 0 Å². The zero-order chi connectivity index (χ0) is 11.1. The number of aliphatic hydroxyl groups is 1. The van der Waals surface area contributed by atoms with Crippen molar-refractivity contribution >= 4 is 17.5 Å². The third kappa shape index (κ3) is 3.90. The Bertz CT molecular complexity index is 303. The number of hydrogen-bond acceptors (Lipinski definition) is 2. The molecule has 0 aliphatic carbocycles. The normalized spacial score (nSPS) is 12.1. The van der Waals surface area contributed by atoms with Gasteiger partial charge in [-0.1, -0.05) is 18.2 Å². The molecule has 0 aliphatic rings. The number of benzene rings is 1. The molecule has 0 spiro atoms. The summed E-state index contributed by atoms with van der Waals surface area (Å²) < 4.78 is 0. The fourth-order valence-corrected chi connectivity index (χ4v) is 1.46. The molecule has 3 nitrogen and oxygen atoms in total. The lowest BCUT2D eigenvalue weighted by molar-refractivity contribution is 0.0915. The highest BCUT2D eigenvalue weighted by Crippen LogP contribution is 2.00. The van der Waals surface area contributed by atoms with Gasteiger partial charge in [-0.15, -0.1) is 11.6 Å². The van der Waals surface area contributed by atoms with E-state index in [4.69, 9.17) is 16.7 Å². The van der Waals surface area contributed by atoms with Crippen LogP contribution in [0.15, 0.2) is 30.3 Å². The largest absolute Gasteiger partial charge is 0.394 e. The molecule has 1 amide bonds. The van der Waals surface area contributed by atoms with Gasteiger partial charge in [-0.3, -0.25) is 4.79 Å². The first-order chi connectivity index (χ1) is 7.27. The lowest BCUT2D eigenvalue weighted by Crippen LogP contribution is -2.37. The van der Waals surface area contributed by atoms with Crippen LogP contribution in [-0.4, -0.2) is 29.5 Å². The van der Waals surface area contributed by atoms with Crippen molar-refractivity contribution in [2.75, 3.05) is 12.5 Å². The zero-order valence-corrected chi connectivity index (χ0v) is 9.07. The van der Waals surface area contributed by atoms with E-state index >= 15 is 0 Å². The van der Waals surface area contributed by atoms with E-state index in [0.717, 1.165) is 0 Å². The van der Waals surface area contributed by atoms with E-state index in [1.165, 1.54) is 0 Å². The maximum atomic E-state index is 11.6. The topological polar surface area (TPSA) is 49.3 Å². The fourth-order valence-electron chi connectivity index (χ4n) is 1.20. The lowest BCUT2D eigenvalue weighted by Gasteiger charge is -2.14. The van der Waals surface area contributed by atoms with E-state index in [-0.39, 0.29) is 18.6 Å². The standard InChI is InChI=1S/C11H14ClNO2/c12-7-6-10(8-14)13-11(15)9-4-2-1-3-5-9/h1-5,10,14H,6-8H2,(H,13,15)/t10-/m0/s1. The van der Waals surface area contributed by atoms with Crippen LogP contribution in [0.2, 0.25) is 0 Å². The first-order valence-corrected chi connectivity index (χ1v) is 5.34. The molecule has 0 bridgehead atoms. The van der Waals surface area contributed by atoms with Crippen molar-refractivity contribution in [3.8, 4) is 0 Å². The SMILES string of the molecule is O=C(N[C@H](CO)CCCl)c1ccccc1. The van der Waals surface area contributed by atoms with Crippen LogP contribution >= 0.6 is 11.6 Å². The minimum Gasteiger partial charge on any atom is -0.394 e. The van der Waals surface area contributed by atoms with Gasteiger partial charge in [0.15, 0.2) is 0 Å². The summed E-state index contributed by atoms with van der Waals surface area (Å²) in [4.78, 5) is 11.6. The molecular formula is C11H14ClNO2. The van der Waals surface area contributed by atoms with Gasteiger partial charge >= 0.3 is 0 Å². The van der Waals surface area contributed by atoms with Gasteiger partial charge in [0.05, 0.1) is 12.6 Å². The number of amides is 1. The maximum absolute atomic E-state index is 11.6. The Morgan fingerprint density at radius 1 is 1.40 bits per heavy atom. The van der Waals surface area contributed by atoms with Crippen LogP contribution in [0.4, 0.5) is 0 Å². The van der Waals surface area contributed by atoms with Crippen molar-refractivity contribution in [3.63, 3.8) is 0 Å². The molecule has 15 heavy (non-hydrogen) atoms. The monoisotopic (exact) mass is 227 g/mol. The van der Waals surface area contributed by atoms with Crippen LogP contribution in [0.3, 0.4) is 0 Å². The van der Waals surface area contributed by atoms with Crippen molar-refractivity contribution in [2.24, 2.45) is 0 Å². The van der Waals surface area contributed by atoms with Crippen LogP contribution < -0.4 is 5.32 Å². The van der Waals surface area contributed by atoms with E-state index in [1.54, 1.807) is 24.3 Å². The summed E-state index contributed by atoms with van der Waals surface area (Å²) in [6, 6.07) is 8.62. The summed E-state index contributed by atoms with van der Waals surface area (Å²) in [6.07, 6.45) is 0.566. The lowest BCUT2D eigenvalue weighted by atomic mass is 10.2. The second kappa shape index (κ2) is 6.43. The quantitative estimate of drug-likeness (QED) is 0.748. The number of hydrogen-bond donors (Lipinski definition) is 2. The Labute approximate surface area is 94.1 Å². The highest BCUT2D eigenvalue weighted by molar-refractivity contribution is 6.17. The number of aliphatic hydroxyl groups excluding tert-OH is 1. The van der Waals surface area contributed by atoms with Gasteiger partial charge in [-0.2, -0.15) is 0 Å². The molecule has 0 aromatic heterocycles. The van der Waals surface area contributed by atoms with Crippen LogP contribution in [0.1, 0.15) is 16.8 Å². The average molecular weight is 228 g/mol. The summed E-state index contributed by atoms with van der Waals surface area (Å²) in [7, 11) is 0. The summed E-state index contributed by atoms with van der Waals surface area (Å²) in [5, 5.41) is 11.7. The molecule has 0 radical (unpaired) electrons. The van der Waals surface area contributed by atoms with Gasteiger partial charge in [0, 0.05) is 11.4 Å². The average Bonchev–Trinajstić information content (AvgIpc) is 2.29. The van der Waals surface area contributed by atoms with Crippen LogP contribution in [0.5, 0.6) is 0 Å². The smallest absolute Gasteiger partial charge is 0.251 e. The Hall–Kier alpha value is -1.06. The molecular weight excluding hydrogens is 214 g/mol. The Morgan fingerprint density at radius 3 is 2.60 bits per heavy atom. The molecule has 0 unspecified atom stereocenters. The Morgan fingerprint density at radius 2 is 2.07 bits per heavy atom. The molecule has 4 heteroatoms. The molecule has 0 aliphatic heterocycles. The predicted molar refractivity (Wildman–Crippen MR) is 60.1 cm³/mol. The molecule has 1 rings (SSSR count). The van der Waals surface area contributed by atoms with E-state index in [0.29, 0.717) is 17.9 Å². The number of carbonyl (C=O) groups is 1. The zero-order valence-electron chi connectivity index (χ0n) is 8.32. The van der Waals surface area contributed by atoms with Gasteiger partial charge in [0.25, 0.3) is 5.91 Å². The van der Waals surface area contributed by atoms with Crippen molar-refractivity contribution in [2.45, 2.75) is 12.5 Å². The molecule has 1 atom stereocenters. The van der Waals surface area contributed by atoms with E-state index in [1.807, 2.05) is 6.07 Å². The van der Waals surface area contributed by atoms with Gasteiger partial charge in [0.1, 0.15) is 0 Å². The van der Waals surface area contributed by atoms with Gasteiger partial charge in [-0.05, 0) is 18.6 Å². The second-order valence-corrected chi connectivity index (χ2v) is 3.57. The highest BCUT2D eigenvalue weighted by Gasteiger charge is 2.11. The summed E-state index contributed by atoms with van der Waals surface area (Å²) in [5.41, 5.74) is 0.588. The van der Waals surface area contributed by atoms with Gasteiger partial charge in [0.2, 0.25) is 0 Å². The van der Waals surface area contributed by atoms with Crippen molar-refractivity contribution < 1.29 is 9.90 Å². The second-order valence-electron chi connectivity index (χ2n) is 3.20. The third-order valence-corrected chi connectivity index (χ3v) is 2.27. The number of nitrogens with one attached hydrogen (secondary N) is 1. The fraction of sp³-hybridized carbons (Fsp3) is 0.364. The minimum atomic E-state index is -0.268. The van der Waals surface area contributed by atoms with Gasteiger partial charge in [-0.25, -0.2) is 0 Å². The summed E-state index contributed by atoms with van der Waals surface area (Å²) in [5.74, 6) is 0.236. The number of carbonyl (C=O) groups excluding carboxylic acids is 1. The molecule has 1 aromatic rings. The van der Waals surface area contributed by atoms with E-state index < -0.39 is 0 Å². The first-order valence-electron chi connectivity index (χ1n) is 4.80. The molecule has 0 saturated carbocycles. The molecule has 0 heterocycles. The van der Waals surface area contributed by atoms with Crippen molar-refractivity contribution in [1.29, 1.82) is 0 Å². The minimum absolute atomic E-state index is 0.0920. The molecule has 0 saturated heterocycles. The third-order valence-electron chi connectivity index (χ3n) is 2.05. The van der Waals surface area contributed by atoms with E-state index in [9.17, 15) is 4.79 Å². The van der Waals surface area contributed by atoms with Crippen LogP contribution in [0, 0.1) is 0 Å². The molecule has 82 valence electrons. The Balaban J connectivity index is 2.55. The van der Waals surface area contributed by atoms with Gasteiger partial charge < -0.3 is 10.4 Å². The van der Waals surface area contributed by atoms with Crippen molar-refractivity contribution in [1.82, 2.24) is 5.32 Å². The number of alkyl halides is 1. The highest BCUT2D eigenvalue weighted by atomic mass is 35.5. The number of halogens is 1. The van der Waals surface area contributed by atoms with Crippen LogP contribution in [0.25, 0.3) is 0 Å². The maximum Gasteiger partial charge on any atom is 0.251 e. The van der Waals surface area contributed by atoms with Crippen molar-refractivity contribution in [3.05, 3.63) is 35.9 Å². The molecule has 0 fully saturated rings.